The lowest BCUT2D eigenvalue weighted by atomic mass is 9.81. The average molecular weight is 450 g/mol. The van der Waals surface area contributed by atoms with E-state index in [0.717, 1.165) is 48.4 Å². The maximum Gasteiger partial charge on any atom is 0.318 e. The molecule has 176 valence electrons. The molecule has 33 heavy (non-hydrogen) atoms. The van der Waals surface area contributed by atoms with Crippen molar-refractivity contribution in [1.82, 2.24) is 10.2 Å². The molecular weight excluding hydrogens is 414 g/mol. The molecule has 2 aliphatic heterocycles. The van der Waals surface area contributed by atoms with E-state index in [2.05, 4.69) is 41.5 Å². The minimum absolute atomic E-state index is 0.0117. The van der Waals surface area contributed by atoms with Crippen molar-refractivity contribution in [2.24, 2.45) is 5.92 Å². The molecule has 0 aromatic heterocycles. The van der Waals surface area contributed by atoms with Crippen LogP contribution in [0.15, 0.2) is 42.5 Å². The molecule has 3 atom stereocenters. The molecule has 6 heteroatoms. The van der Waals surface area contributed by atoms with Crippen LogP contribution in [0.1, 0.15) is 50.1 Å². The number of amides is 2. The molecule has 2 fully saturated rings. The van der Waals surface area contributed by atoms with Crippen LogP contribution in [0.4, 0.5) is 10.5 Å². The molecule has 1 aliphatic carbocycles. The van der Waals surface area contributed by atoms with Gasteiger partial charge in [0.2, 0.25) is 0 Å². The highest BCUT2D eigenvalue weighted by Gasteiger charge is 2.47. The van der Waals surface area contributed by atoms with Gasteiger partial charge in [-0.25, -0.2) is 4.79 Å². The third kappa shape index (κ3) is 4.05. The van der Waals surface area contributed by atoms with E-state index in [-0.39, 0.29) is 36.7 Å². The van der Waals surface area contributed by atoms with Gasteiger partial charge in [-0.15, -0.1) is 0 Å². The summed E-state index contributed by atoms with van der Waals surface area (Å²) in [7, 11) is 3.74. The van der Waals surface area contributed by atoms with E-state index < -0.39 is 0 Å². The fourth-order valence-corrected chi connectivity index (χ4v) is 6.17. The number of benzene rings is 2. The van der Waals surface area contributed by atoms with Crippen molar-refractivity contribution in [3.05, 3.63) is 48.0 Å². The van der Waals surface area contributed by atoms with Crippen LogP contribution in [0.2, 0.25) is 0 Å². The van der Waals surface area contributed by atoms with Crippen LogP contribution in [0, 0.1) is 5.92 Å². The predicted molar refractivity (Wildman–Crippen MR) is 131 cm³/mol. The van der Waals surface area contributed by atoms with Crippen molar-refractivity contribution in [3.63, 3.8) is 0 Å². The Bertz CT molecular complexity index is 1000. The summed E-state index contributed by atoms with van der Waals surface area (Å²) in [6.07, 6.45) is 6.72. The number of hydrogen-bond acceptors (Lipinski definition) is 4. The summed E-state index contributed by atoms with van der Waals surface area (Å²) in [6, 6.07) is 14.9. The van der Waals surface area contributed by atoms with Gasteiger partial charge in [-0.2, -0.15) is 0 Å². The largest absolute Gasteiger partial charge is 0.497 e. The molecule has 2 aromatic carbocycles. The molecular formula is C27H35N3O3. The first-order valence-electron chi connectivity index (χ1n) is 12.3. The number of hydrogen-bond donors (Lipinski definition) is 2. The zero-order valence-electron chi connectivity index (χ0n) is 19.7. The molecule has 0 radical (unpaired) electrons. The van der Waals surface area contributed by atoms with E-state index >= 15 is 0 Å². The minimum Gasteiger partial charge on any atom is -0.497 e. The third-order valence-electron chi connectivity index (χ3n) is 7.95. The maximum absolute atomic E-state index is 13.4. The Hall–Kier alpha value is -2.73. The number of methoxy groups -OCH3 is 1. The Morgan fingerprint density at radius 1 is 1.09 bits per heavy atom. The number of likely N-dealkylation sites (N-methyl/N-ethyl adjacent to an activating group) is 1. The fraction of sp³-hybridized carbons (Fsp3) is 0.519. The Morgan fingerprint density at radius 3 is 2.64 bits per heavy atom. The molecule has 0 bridgehead atoms. The number of rotatable bonds is 4. The second-order valence-corrected chi connectivity index (χ2v) is 9.74. The number of ether oxygens (including phenoxy) is 1. The molecule has 1 saturated heterocycles. The molecule has 2 amide bonds. The first-order chi connectivity index (χ1) is 16.1. The molecule has 5 rings (SSSR count). The van der Waals surface area contributed by atoms with Crippen LogP contribution in [0.25, 0.3) is 11.1 Å². The average Bonchev–Trinajstić information content (AvgIpc) is 3.30. The summed E-state index contributed by atoms with van der Waals surface area (Å²) in [5.41, 5.74) is 4.47. The highest BCUT2D eigenvalue weighted by atomic mass is 16.5. The van der Waals surface area contributed by atoms with Gasteiger partial charge in [0.15, 0.2) is 0 Å². The van der Waals surface area contributed by atoms with Crippen LogP contribution >= 0.6 is 0 Å². The second kappa shape index (κ2) is 9.26. The van der Waals surface area contributed by atoms with Gasteiger partial charge >= 0.3 is 6.03 Å². The molecule has 2 N–H and O–H groups in total. The normalized spacial score (nSPS) is 24.9. The first-order valence-corrected chi connectivity index (χ1v) is 12.3. The number of likely N-dealkylation sites (tertiary alicyclic amines) is 1. The SMILES string of the molecule is COc1cccc(-c2ccc3c(c2)[C@@H]2[C@@H](CCN2C(=O)NC2CCCCC2)[C@@H](CO)N3C)c1. The van der Waals surface area contributed by atoms with E-state index in [1.807, 2.05) is 23.1 Å². The van der Waals surface area contributed by atoms with Gasteiger partial charge in [0.25, 0.3) is 0 Å². The first kappa shape index (κ1) is 22.1. The predicted octanol–water partition coefficient (Wildman–Crippen LogP) is 4.58. The zero-order valence-corrected chi connectivity index (χ0v) is 19.7. The Labute approximate surface area is 196 Å². The van der Waals surface area contributed by atoms with Crippen molar-refractivity contribution < 1.29 is 14.6 Å². The van der Waals surface area contributed by atoms with Crippen LogP contribution in [0.3, 0.4) is 0 Å². The number of carbonyl (C=O) groups excluding carboxylic acids is 1. The number of anilines is 1. The summed E-state index contributed by atoms with van der Waals surface area (Å²) < 4.78 is 5.43. The van der Waals surface area contributed by atoms with E-state index in [1.165, 1.54) is 24.8 Å². The molecule has 6 nitrogen and oxygen atoms in total. The number of carbonyl (C=O) groups is 1. The quantitative estimate of drug-likeness (QED) is 0.717. The molecule has 1 saturated carbocycles. The van der Waals surface area contributed by atoms with Crippen molar-refractivity contribution in [2.45, 2.75) is 56.7 Å². The highest BCUT2D eigenvalue weighted by Crippen LogP contribution is 2.49. The number of urea groups is 1. The Kier molecular flexibility index (Phi) is 6.19. The summed E-state index contributed by atoms with van der Waals surface area (Å²) in [5.74, 6) is 1.04. The van der Waals surface area contributed by atoms with Crippen LogP contribution in [-0.2, 0) is 0 Å². The van der Waals surface area contributed by atoms with Crippen LogP contribution in [0.5, 0.6) is 5.75 Å². The highest BCUT2D eigenvalue weighted by molar-refractivity contribution is 5.78. The van der Waals surface area contributed by atoms with Gasteiger partial charge in [-0.1, -0.05) is 37.5 Å². The zero-order chi connectivity index (χ0) is 22.9. The van der Waals surface area contributed by atoms with Crippen LogP contribution < -0.4 is 15.0 Å². The van der Waals surface area contributed by atoms with Crippen molar-refractivity contribution >= 4 is 11.7 Å². The summed E-state index contributed by atoms with van der Waals surface area (Å²) in [6.45, 7) is 0.813. The van der Waals surface area contributed by atoms with Crippen LogP contribution in [-0.4, -0.2) is 55.4 Å². The molecule has 0 spiro atoms. The number of fused-ring (bicyclic) bond motifs is 3. The van der Waals surface area contributed by atoms with E-state index in [9.17, 15) is 9.90 Å². The van der Waals surface area contributed by atoms with Gasteiger partial charge in [-0.05, 0) is 60.2 Å². The standard InChI is InChI=1S/C27H35N3O3/c1-29-24-12-11-19(18-7-6-10-21(15-18)33-2)16-23(24)26-22(25(29)17-31)13-14-30(26)27(32)28-20-8-4-3-5-9-20/h6-7,10-12,15-16,20,22,25-26,31H,3-5,8-9,13-14,17H2,1-2H3,(H,28,32)/t22-,25+,26-/m0/s1. The van der Waals surface area contributed by atoms with Gasteiger partial charge in [0.1, 0.15) is 5.75 Å². The second-order valence-electron chi connectivity index (χ2n) is 9.74. The van der Waals surface area contributed by atoms with Crippen molar-refractivity contribution in [3.8, 4) is 16.9 Å². The molecule has 2 aromatic rings. The minimum atomic E-state index is -0.0255. The number of aliphatic hydroxyl groups excluding tert-OH is 1. The van der Waals surface area contributed by atoms with Crippen molar-refractivity contribution in [2.75, 3.05) is 32.2 Å². The summed E-state index contributed by atoms with van der Waals surface area (Å²) in [4.78, 5) is 17.6. The number of aliphatic hydroxyl groups is 1. The topological polar surface area (TPSA) is 65.0 Å². The third-order valence-corrected chi connectivity index (χ3v) is 7.95. The van der Waals surface area contributed by atoms with Gasteiger partial charge < -0.3 is 25.0 Å². The smallest absolute Gasteiger partial charge is 0.318 e. The number of nitrogens with one attached hydrogen (secondary N) is 1. The lowest BCUT2D eigenvalue weighted by Crippen LogP contribution is -2.50. The molecule has 0 unspecified atom stereocenters. The monoisotopic (exact) mass is 449 g/mol. The lowest BCUT2D eigenvalue weighted by Gasteiger charge is -2.44. The Morgan fingerprint density at radius 2 is 1.88 bits per heavy atom. The number of nitrogens with zero attached hydrogens (tertiary/aromatic N) is 2. The fourth-order valence-electron chi connectivity index (χ4n) is 6.17. The Balaban J connectivity index is 1.50. The summed E-state index contributed by atoms with van der Waals surface area (Å²) >= 11 is 0. The van der Waals surface area contributed by atoms with E-state index in [4.69, 9.17) is 4.74 Å². The molecule has 2 heterocycles. The van der Waals surface area contributed by atoms with Gasteiger partial charge in [0.05, 0.1) is 25.8 Å². The van der Waals surface area contributed by atoms with E-state index in [0.29, 0.717) is 0 Å². The lowest BCUT2D eigenvalue weighted by molar-refractivity contribution is 0.156. The maximum atomic E-state index is 13.4. The van der Waals surface area contributed by atoms with Gasteiger partial charge in [-0.3, -0.25) is 0 Å². The van der Waals surface area contributed by atoms with Crippen molar-refractivity contribution in [1.29, 1.82) is 0 Å². The molecule has 3 aliphatic rings. The van der Waals surface area contributed by atoms with Gasteiger partial charge in [0, 0.05) is 31.2 Å². The van der Waals surface area contributed by atoms with E-state index in [1.54, 1.807) is 7.11 Å². The summed E-state index contributed by atoms with van der Waals surface area (Å²) in [5, 5.41) is 13.6.